The summed E-state index contributed by atoms with van der Waals surface area (Å²) in [5, 5.41) is 0. The number of rotatable bonds is 3. The van der Waals surface area contributed by atoms with Crippen molar-refractivity contribution in [1.82, 2.24) is 4.90 Å². The molecule has 1 atom stereocenters. The van der Waals surface area contributed by atoms with Crippen molar-refractivity contribution in [2.75, 3.05) is 13.1 Å². The number of ether oxygens (including phenoxy) is 1. The highest BCUT2D eigenvalue weighted by Crippen LogP contribution is 2.42. The fraction of sp³-hybridized carbons (Fsp3) is 1.00. The van der Waals surface area contributed by atoms with Crippen molar-refractivity contribution in [1.29, 1.82) is 0 Å². The van der Waals surface area contributed by atoms with E-state index in [1.54, 1.807) is 0 Å². The van der Waals surface area contributed by atoms with Crippen LogP contribution in [0.5, 0.6) is 0 Å². The summed E-state index contributed by atoms with van der Waals surface area (Å²) in [6.07, 6.45) is 6.20. The third kappa shape index (κ3) is 1.59. The molecule has 0 spiro atoms. The van der Waals surface area contributed by atoms with Gasteiger partial charge in [0.15, 0.2) is 0 Å². The van der Waals surface area contributed by atoms with E-state index < -0.39 is 0 Å². The normalized spacial score (nSPS) is 28.3. The minimum Gasteiger partial charge on any atom is -0.374 e. The van der Waals surface area contributed by atoms with Crippen LogP contribution in [0.25, 0.3) is 0 Å². The second-order valence-electron chi connectivity index (χ2n) is 5.12. The zero-order chi connectivity index (χ0) is 10.2. The monoisotopic (exact) mass is 197 g/mol. The Morgan fingerprint density at radius 1 is 1.07 bits per heavy atom. The van der Waals surface area contributed by atoms with Gasteiger partial charge in [0, 0.05) is 5.54 Å². The van der Waals surface area contributed by atoms with Crippen molar-refractivity contribution in [3.05, 3.63) is 0 Å². The van der Waals surface area contributed by atoms with Gasteiger partial charge in [-0.3, -0.25) is 4.90 Å². The summed E-state index contributed by atoms with van der Waals surface area (Å²) in [7, 11) is 0. The van der Waals surface area contributed by atoms with Crippen molar-refractivity contribution in [3.8, 4) is 0 Å². The molecule has 0 amide bonds. The highest BCUT2D eigenvalue weighted by molar-refractivity contribution is 5.04. The van der Waals surface area contributed by atoms with Crippen LogP contribution in [0, 0.1) is 0 Å². The molecule has 0 aliphatic carbocycles. The van der Waals surface area contributed by atoms with Crippen molar-refractivity contribution in [3.63, 3.8) is 0 Å². The van der Waals surface area contributed by atoms with Crippen LogP contribution in [-0.2, 0) is 4.74 Å². The third-order valence-electron chi connectivity index (χ3n) is 3.94. The van der Waals surface area contributed by atoms with Crippen molar-refractivity contribution >= 4 is 0 Å². The van der Waals surface area contributed by atoms with Crippen LogP contribution < -0.4 is 0 Å². The van der Waals surface area contributed by atoms with E-state index in [4.69, 9.17) is 4.74 Å². The largest absolute Gasteiger partial charge is 0.374 e. The quantitative estimate of drug-likeness (QED) is 0.689. The van der Waals surface area contributed by atoms with Gasteiger partial charge in [-0.05, 0) is 59.5 Å². The first-order valence-electron chi connectivity index (χ1n) is 6.06. The summed E-state index contributed by atoms with van der Waals surface area (Å²) < 4.78 is 6.00. The number of hydrogen-bond donors (Lipinski definition) is 0. The van der Waals surface area contributed by atoms with Crippen LogP contribution in [0.1, 0.15) is 46.5 Å². The Morgan fingerprint density at radius 3 is 2.14 bits per heavy atom. The summed E-state index contributed by atoms with van der Waals surface area (Å²) in [6.45, 7) is 9.14. The van der Waals surface area contributed by atoms with Gasteiger partial charge in [-0.25, -0.2) is 0 Å². The van der Waals surface area contributed by atoms with Crippen molar-refractivity contribution < 1.29 is 4.74 Å². The predicted octanol–water partition coefficient (Wildman–Crippen LogP) is 2.43. The van der Waals surface area contributed by atoms with Gasteiger partial charge in [-0.15, -0.1) is 0 Å². The SMILES string of the molecule is CC(C)O[C@@H](C)C12CCCN1CCC2. The topological polar surface area (TPSA) is 12.5 Å². The molecule has 2 rings (SSSR count). The van der Waals surface area contributed by atoms with E-state index in [1.807, 2.05) is 0 Å². The molecule has 2 heterocycles. The summed E-state index contributed by atoms with van der Waals surface area (Å²) >= 11 is 0. The molecular formula is C12H23NO. The Balaban J connectivity index is 2.06. The Hall–Kier alpha value is -0.0800. The molecule has 2 aliphatic heterocycles. The number of fused-ring (bicyclic) bond motifs is 1. The molecule has 2 heteroatoms. The smallest absolute Gasteiger partial charge is 0.0734 e. The first-order valence-corrected chi connectivity index (χ1v) is 6.06. The molecule has 2 nitrogen and oxygen atoms in total. The van der Waals surface area contributed by atoms with E-state index in [0.717, 1.165) is 0 Å². The Morgan fingerprint density at radius 2 is 1.64 bits per heavy atom. The molecule has 0 unspecified atom stereocenters. The molecule has 0 radical (unpaired) electrons. The van der Waals surface area contributed by atoms with Gasteiger partial charge in [0.25, 0.3) is 0 Å². The average Bonchev–Trinajstić information content (AvgIpc) is 2.58. The molecule has 0 aromatic rings. The molecule has 2 aliphatic rings. The second kappa shape index (κ2) is 3.82. The first kappa shape index (κ1) is 10.4. The van der Waals surface area contributed by atoms with E-state index in [-0.39, 0.29) is 0 Å². The molecule has 2 fully saturated rings. The van der Waals surface area contributed by atoms with E-state index in [1.165, 1.54) is 38.8 Å². The maximum absolute atomic E-state index is 6.00. The maximum atomic E-state index is 6.00. The van der Waals surface area contributed by atoms with Gasteiger partial charge in [0.05, 0.1) is 12.2 Å². The highest BCUT2D eigenvalue weighted by atomic mass is 16.5. The number of hydrogen-bond acceptors (Lipinski definition) is 2. The molecule has 0 N–H and O–H groups in total. The van der Waals surface area contributed by atoms with Gasteiger partial charge in [-0.1, -0.05) is 0 Å². The standard InChI is InChI=1S/C12H23NO/c1-10(2)14-11(3)12-6-4-8-13(12)9-5-7-12/h10-11H,4-9H2,1-3H3/t11-/m0/s1. The Labute approximate surface area is 87.6 Å². The summed E-state index contributed by atoms with van der Waals surface area (Å²) in [5.74, 6) is 0. The van der Waals surface area contributed by atoms with Crippen LogP contribution in [-0.4, -0.2) is 35.7 Å². The second-order valence-corrected chi connectivity index (χ2v) is 5.12. The minimum absolute atomic E-state index is 0.363. The summed E-state index contributed by atoms with van der Waals surface area (Å²) in [6, 6.07) is 0. The molecule has 0 aromatic heterocycles. The fourth-order valence-electron chi connectivity index (χ4n) is 3.35. The molecule has 14 heavy (non-hydrogen) atoms. The lowest BCUT2D eigenvalue weighted by Gasteiger charge is -2.38. The molecule has 2 saturated heterocycles. The minimum atomic E-state index is 0.363. The zero-order valence-electron chi connectivity index (χ0n) is 9.75. The van der Waals surface area contributed by atoms with E-state index >= 15 is 0 Å². The Kier molecular flexibility index (Phi) is 2.85. The van der Waals surface area contributed by atoms with Crippen LogP contribution in [0.3, 0.4) is 0 Å². The molecule has 0 aromatic carbocycles. The lowest BCUT2D eigenvalue weighted by molar-refractivity contribution is -0.0599. The van der Waals surface area contributed by atoms with E-state index in [0.29, 0.717) is 17.7 Å². The zero-order valence-corrected chi connectivity index (χ0v) is 9.75. The molecule has 0 bridgehead atoms. The van der Waals surface area contributed by atoms with Crippen LogP contribution in [0.4, 0.5) is 0 Å². The van der Waals surface area contributed by atoms with E-state index in [2.05, 4.69) is 25.7 Å². The molecule has 82 valence electrons. The average molecular weight is 197 g/mol. The van der Waals surface area contributed by atoms with Gasteiger partial charge < -0.3 is 4.74 Å². The highest BCUT2D eigenvalue weighted by Gasteiger charge is 2.48. The van der Waals surface area contributed by atoms with Gasteiger partial charge >= 0.3 is 0 Å². The van der Waals surface area contributed by atoms with Gasteiger partial charge in [0.1, 0.15) is 0 Å². The van der Waals surface area contributed by atoms with Gasteiger partial charge in [0.2, 0.25) is 0 Å². The van der Waals surface area contributed by atoms with Crippen LogP contribution in [0.15, 0.2) is 0 Å². The maximum Gasteiger partial charge on any atom is 0.0734 e. The van der Waals surface area contributed by atoms with Crippen molar-refractivity contribution in [2.45, 2.75) is 64.2 Å². The summed E-state index contributed by atoms with van der Waals surface area (Å²) in [5.41, 5.74) is 0.407. The lowest BCUT2D eigenvalue weighted by atomic mass is 9.88. The first-order chi connectivity index (χ1) is 6.65. The Bertz CT molecular complexity index is 192. The fourth-order valence-corrected chi connectivity index (χ4v) is 3.35. The third-order valence-corrected chi connectivity index (χ3v) is 3.94. The molecular weight excluding hydrogens is 174 g/mol. The van der Waals surface area contributed by atoms with Crippen LogP contribution in [0.2, 0.25) is 0 Å². The number of nitrogens with zero attached hydrogens (tertiary/aromatic N) is 1. The predicted molar refractivity (Wildman–Crippen MR) is 58.5 cm³/mol. The molecule has 0 saturated carbocycles. The lowest BCUT2D eigenvalue weighted by Crippen LogP contribution is -2.49. The van der Waals surface area contributed by atoms with Crippen molar-refractivity contribution in [2.24, 2.45) is 0 Å². The summed E-state index contributed by atoms with van der Waals surface area (Å²) in [4.78, 5) is 2.67. The van der Waals surface area contributed by atoms with E-state index in [9.17, 15) is 0 Å². The van der Waals surface area contributed by atoms with Crippen LogP contribution >= 0.6 is 0 Å². The van der Waals surface area contributed by atoms with Gasteiger partial charge in [-0.2, -0.15) is 0 Å².